The monoisotopic (exact) mass is 252 g/mol. The molecular weight excluding hydrogens is 238 g/mol. The molecule has 5 heteroatoms. The van der Waals surface area contributed by atoms with E-state index in [1.807, 2.05) is 12.1 Å². The van der Waals surface area contributed by atoms with Crippen LogP contribution in [0.1, 0.15) is 0 Å². The summed E-state index contributed by atoms with van der Waals surface area (Å²) in [6.07, 6.45) is 0. The number of para-hydroxylation sites is 1. The van der Waals surface area contributed by atoms with Crippen LogP contribution in [-0.4, -0.2) is 26.2 Å². The third-order valence-electron chi connectivity index (χ3n) is 2.31. The molecule has 0 bridgehead atoms. The highest BCUT2D eigenvalue weighted by Crippen LogP contribution is 2.18. The molecule has 0 unspecified atom stereocenters. The highest BCUT2D eigenvalue weighted by Gasteiger charge is 2.12. The second-order valence-electron chi connectivity index (χ2n) is 3.19. The quantitative estimate of drug-likeness (QED) is 0.824. The van der Waals surface area contributed by atoms with Crippen molar-refractivity contribution in [2.45, 2.75) is 0 Å². The fraction of sp³-hybridized carbons (Fsp3) is 0.400. The van der Waals surface area contributed by atoms with Crippen molar-refractivity contribution in [2.75, 3.05) is 31.1 Å². The standard InChI is InChI=1S/C10H13FN2.2ClH/c11-9-3-1-2-4-10(9)13-7-5-12-6-8-13;;/h1-4,12H,5-8H2;2*1H. The van der Waals surface area contributed by atoms with Crippen LogP contribution < -0.4 is 10.2 Å². The van der Waals surface area contributed by atoms with E-state index in [0.29, 0.717) is 0 Å². The molecule has 0 amide bonds. The minimum absolute atomic E-state index is 0. The van der Waals surface area contributed by atoms with Crippen molar-refractivity contribution >= 4 is 30.5 Å². The largest absolute Gasteiger partial charge is 0.367 e. The Morgan fingerprint density at radius 2 is 1.67 bits per heavy atom. The summed E-state index contributed by atoms with van der Waals surface area (Å²) in [5.41, 5.74) is 0.726. The molecule has 0 aliphatic carbocycles. The van der Waals surface area contributed by atoms with Crippen LogP contribution in [0.5, 0.6) is 0 Å². The van der Waals surface area contributed by atoms with Gasteiger partial charge in [-0.05, 0) is 12.1 Å². The van der Waals surface area contributed by atoms with Crippen molar-refractivity contribution in [3.63, 3.8) is 0 Å². The maximum absolute atomic E-state index is 13.3. The molecule has 1 aromatic rings. The van der Waals surface area contributed by atoms with Gasteiger partial charge in [0.05, 0.1) is 5.69 Å². The molecule has 0 atom stereocenters. The van der Waals surface area contributed by atoms with E-state index >= 15 is 0 Å². The number of halogens is 3. The minimum Gasteiger partial charge on any atom is -0.367 e. The predicted octanol–water partition coefficient (Wildman–Crippen LogP) is 2.08. The van der Waals surface area contributed by atoms with E-state index in [4.69, 9.17) is 0 Å². The first-order valence-corrected chi connectivity index (χ1v) is 4.58. The lowest BCUT2D eigenvalue weighted by Crippen LogP contribution is -2.43. The highest BCUT2D eigenvalue weighted by atomic mass is 35.5. The van der Waals surface area contributed by atoms with E-state index in [1.54, 1.807) is 6.07 Å². The number of hydrogen-bond acceptors (Lipinski definition) is 2. The average Bonchev–Trinajstić information content (AvgIpc) is 2.20. The lowest BCUT2D eigenvalue weighted by atomic mass is 10.2. The molecule has 1 N–H and O–H groups in total. The van der Waals surface area contributed by atoms with Crippen LogP contribution in [0.2, 0.25) is 0 Å². The predicted molar refractivity (Wildman–Crippen MR) is 66.0 cm³/mol. The number of piperazine rings is 1. The maximum Gasteiger partial charge on any atom is 0.146 e. The topological polar surface area (TPSA) is 15.3 Å². The molecule has 0 spiro atoms. The summed E-state index contributed by atoms with van der Waals surface area (Å²) >= 11 is 0. The number of nitrogens with zero attached hydrogens (tertiary/aromatic N) is 1. The van der Waals surface area contributed by atoms with E-state index in [9.17, 15) is 4.39 Å². The van der Waals surface area contributed by atoms with E-state index in [1.165, 1.54) is 6.07 Å². The number of nitrogens with one attached hydrogen (secondary N) is 1. The Bertz CT molecular complexity index is 291. The number of rotatable bonds is 1. The smallest absolute Gasteiger partial charge is 0.146 e. The van der Waals surface area contributed by atoms with Gasteiger partial charge in [-0.25, -0.2) is 4.39 Å². The van der Waals surface area contributed by atoms with E-state index in [-0.39, 0.29) is 30.6 Å². The van der Waals surface area contributed by atoms with E-state index < -0.39 is 0 Å². The first kappa shape index (κ1) is 14.5. The Morgan fingerprint density at radius 3 is 2.27 bits per heavy atom. The summed E-state index contributed by atoms with van der Waals surface area (Å²) in [6.45, 7) is 3.66. The maximum atomic E-state index is 13.3. The van der Waals surface area contributed by atoms with Crippen LogP contribution in [0.25, 0.3) is 0 Å². The zero-order chi connectivity index (χ0) is 9.10. The zero-order valence-corrected chi connectivity index (χ0v) is 9.91. The normalized spacial score (nSPS) is 15.1. The molecule has 15 heavy (non-hydrogen) atoms. The first-order valence-electron chi connectivity index (χ1n) is 4.58. The fourth-order valence-electron chi connectivity index (χ4n) is 1.61. The molecule has 0 aromatic heterocycles. The molecular formula is C10H15Cl2FN2. The lowest BCUT2D eigenvalue weighted by molar-refractivity contribution is 0.566. The summed E-state index contributed by atoms with van der Waals surface area (Å²) in [4.78, 5) is 2.08. The van der Waals surface area contributed by atoms with Gasteiger partial charge < -0.3 is 10.2 Å². The third kappa shape index (κ3) is 3.52. The van der Waals surface area contributed by atoms with Gasteiger partial charge in [0.2, 0.25) is 0 Å². The molecule has 1 aliphatic rings. The molecule has 1 heterocycles. The first-order chi connectivity index (χ1) is 6.38. The summed E-state index contributed by atoms with van der Waals surface area (Å²) < 4.78 is 13.3. The third-order valence-corrected chi connectivity index (χ3v) is 2.31. The molecule has 1 fully saturated rings. The Balaban J connectivity index is 0.000000980. The Hall–Kier alpha value is -0.510. The van der Waals surface area contributed by atoms with Crippen molar-refractivity contribution in [1.82, 2.24) is 5.32 Å². The lowest BCUT2D eigenvalue weighted by Gasteiger charge is -2.29. The van der Waals surface area contributed by atoms with Gasteiger partial charge in [0, 0.05) is 26.2 Å². The average molecular weight is 253 g/mol. The molecule has 2 rings (SSSR count). The summed E-state index contributed by atoms with van der Waals surface area (Å²) in [7, 11) is 0. The molecule has 0 radical (unpaired) electrons. The van der Waals surface area contributed by atoms with Crippen LogP contribution in [0.4, 0.5) is 10.1 Å². The van der Waals surface area contributed by atoms with Gasteiger partial charge in [0.25, 0.3) is 0 Å². The Kier molecular flexibility index (Phi) is 6.65. The van der Waals surface area contributed by atoms with Crippen molar-refractivity contribution in [3.8, 4) is 0 Å². The summed E-state index contributed by atoms with van der Waals surface area (Å²) in [6, 6.07) is 6.94. The number of anilines is 1. The number of benzene rings is 1. The molecule has 0 saturated carbocycles. The van der Waals surface area contributed by atoms with E-state index in [2.05, 4.69) is 10.2 Å². The van der Waals surface area contributed by atoms with Crippen LogP contribution in [0.15, 0.2) is 24.3 Å². The Labute approximate surface area is 102 Å². The van der Waals surface area contributed by atoms with Gasteiger partial charge in [-0.15, -0.1) is 24.8 Å². The van der Waals surface area contributed by atoms with Gasteiger partial charge in [0.1, 0.15) is 5.82 Å². The fourth-order valence-corrected chi connectivity index (χ4v) is 1.61. The van der Waals surface area contributed by atoms with Crippen LogP contribution in [0, 0.1) is 5.82 Å². The van der Waals surface area contributed by atoms with Crippen LogP contribution >= 0.6 is 24.8 Å². The van der Waals surface area contributed by atoms with Gasteiger partial charge in [-0.1, -0.05) is 12.1 Å². The highest BCUT2D eigenvalue weighted by molar-refractivity contribution is 5.85. The van der Waals surface area contributed by atoms with Crippen molar-refractivity contribution in [2.24, 2.45) is 0 Å². The second kappa shape index (κ2) is 6.88. The minimum atomic E-state index is -0.121. The van der Waals surface area contributed by atoms with Crippen molar-refractivity contribution in [3.05, 3.63) is 30.1 Å². The van der Waals surface area contributed by atoms with Gasteiger partial charge in [-0.3, -0.25) is 0 Å². The number of hydrogen-bond donors (Lipinski definition) is 1. The molecule has 86 valence electrons. The van der Waals surface area contributed by atoms with Gasteiger partial charge >= 0.3 is 0 Å². The SMILES string of the molecule is Cl.Cl.Fc1ccccc1N1CCNCC1. The van der Waals surface area contributed by atoms with Crippen LogP contribution in [-0.2, 0) is 0 Å². The summed E-state index contributed by atoms with van der Waals surface area (Å²) in [5, 5.41) is 3.24. The van der Waals surface area contributed by atoms with Gasteiger partial charge in [0.15, 0.2) is 0 Å². The Morgan fingerprint density at radius 1 is 1.07 bits per heavy atom. The van der Waals surface area contributed by atoms with Gasteiger partial charge in [-0.2, -0.15) is 0 Å². The van der Waals surface area contributed by atoms with Crippen LogP contribution in [0.3, 0.4) is 0 Å². The van der Waals surface area contributed by atoms with Crippen molar-refractivity contribution < 1.29 is 4.39 Å². The molecule has 1 aliphatic heterocycles. The van der Waals surface area contributed by atoms with E-state index in [0.717, 1.165) is 31.9 Å². The molecule has 1 saturated heterocycles. The zero-order valence-electron chi connectivity index (χ0n) is 8.28. The molecule has 2 nitrogen and oxygen atoms in total. The summed E-state index contributed by atoms with van der Waals surface area (Å²) in [5.74, 6) is -0.121. The van der Waals surface area contributed by atoms with Crippen molar-refractivity contribution in [1.29, 1.82) is 0 Å². The molecule has 1 aromatic carbocycles. The second-order valence-corrected chi connectivity index (χ2v) is 3.19.